The lowest BCUT2D eigenvalue weighted by Crippen LogP contribution is -2.63. The summed E-state index contributed by atoms with van der Waals surface area (Å²) in [5, 5.41) is 0. The predicted molar refractivity (Wildman–Crippen MR) is 121 cm³/mol. The molecule has 2 aliphatic rings. The third-order valence-corrected chi connectivity index (χ3v) is 5.49. The van der Waals surface area contributed by atoms with Crippen molar-refractivity contribution in [3.8, 4) is 0 Å². The van der Waals surface area contributed by atoms with Crippen molar-refractivity contribution in [2.24, 2.45) is 0 Å². The maximum absolute atomic E-state index is 13.2. The van der Waals surface area contributed by atoms with E-state index in [1.807, 2.05) is 0 Å². The van der Waals surface area contributed by atoms with Gasteiger partial charge in [0.25, 0.3) is 0 Å². The number of ether oxygens (including phenoxy) is 6. The summed E-state index contributed by atoms with van der Waals surface area (Å²) >= 11 is 0. The van der Waals surface area contributed by atoms with Crippen LogP contribution in [0.15, 0.2) is 35.6 Å². The summed E-state index contributed by atoms with van der Waals surface area (Å²) in [6.07, 6.45) is -7.31. The second-order valence-corrected chi connectivity index (χ2v) is 8.34. The highest BCUT2D eigenvalue weighted by molar-refractivity contribution is 6.25. The molecule has 0 bridgehead atoms. The number of allylic oxidation sites excluding steroid dienone is 2. The number of esters is 4. The largest absolute Gasteiger partial charge is 0.463 e. The molecule has 0 aromatic heterocycles. The number of carbonyl (C=O) groups excluding carboxylic acids is 6. The standard InChI is InChI=1S/C25H26O12/c1-11-19(30)16-8-6-7-9-17(16)20(31)21(11)37-25-24(35-15(5)29)23(34-14(4)28)22(33-13(3)27)18(36-25)10-32-12(2)26/h6-9,18,22-25H,10H2,1-5H3/t18-,22-,23+,24-,25+/m1/s1. The summed E-state index contributed by atoms with van der Waals surface area (Å²) in [5.41, 5.74) is 0.259. The SMILES string of the molecule is CC(=O)OC[C@H]1O[C@@H](OC2=C(C)C(=O)c3ccccc3C2=O)[C@H](OC(C)=O)[C@@H](OC(C)=O)[C@@H]1OC(C)=O. The van der Waals surface area contributed by atoms with Gasteiger partial charge in [-0.3, -0.25) is 28.8 Å². The monoisotopic (exact) mass is 518 g/mol. The number of hydrogen-bond donors (Lipinski definition) is 0. The van der Waals surface area contributed by atoms with E-state index in [0.29, 0.717) is 0 Å². The fraction of sp³-hybridized carbons (Fsp3) is 0.440. The zero-order chi connectivity index (χ0) is 27.4. The molecular weight excluding hydrogens is 492 g/mol. The van der Waals surface area contributed by atoms with Crippen LogP contribution < -0.4 is 0 Å². The minimum absolute atomic E-state index is 0.0310. The molecule has 198 valence electrons. The Kier molecular flexibility index (Phi) is 8.43. The molecule has 12 nitrogen and oxygen atoms in total. The summed E-state index contributed by atoms with van der Waals surface area (Å²) in [5.74, 6) is -4.58. The van der Waals surface area contributed by atoms with Gasteiger partial charge in [0, 0.05) is 44.4 Å². The van der Waals surface area contributed by atoms with E-state index in [9.17, 15) is 28.8 Å². The highest BCUT2D eigenvalue weighted by Crippen LogP contribution is 2.34. The van der Waals surface area contributed by atoms with Gasteiger partial charge in [-0.05, 0) is 6.92 Å². The lowest BCUT2D eigenvalue weighted by molar-refractivity contribution is -0.299. The van der Waals surface area contributed by atoms with Crippen LogP contribution in [-0.4, -0.2) is 72.8 Å². The van der Waals surface area contributed by atoms with Crippen LogP contribution in [0.4, 0.5) is 0 Å². The first-order valence-electron chi connectivity index (χ1n) is 11.3. The number of fused-ring (bicyclic) bond motifs is 1. The Balaban J connectivity index is 2.06. The van der Waals surface area contributed by atoms with E-state index in [1.165, 1.54) is 19.1 Å². The Labute approximate surface area is 211 Å². The first-order valence-corrected chi connectivity index (χ1v) is 11.3. The van der Waals surface area contributed by atoms with Gasteiger partial charge < -0.3 is 28.4 Å². The van der Waals surface area contributed by atoms with E-state index in [2.05, 4.69) is 0 Å². The van der Waals surface area contributed by atoms with Crippen molar-refractivity contribution >= 4 is 35.4 Å². The second-order valence-electron chi connectivity index (χ2n) is 8.34. The number of benzene rings is 1. The molecular formula is C25H26O12. The van der Waals surface area contributed by atoms with Crippen LogP contribution in [0.5, 0.6) is 0 Å². The molecule has 1 aliphatic heterocycles. The van der Waals surface area contributed by atoms with E-state index >= 15 is 0 Å². The molecule has 1 aromatic rings. The van der Waals surface area contributed by atoms with Crippen LogP contribution >= 0.6 is 0 Å². The van der Waals surface area contributed by atoms with E-state index < -0.39 is 72.8 Å². The normalized spacial score (nSPS) is 25.1. The third kappa shape index (κ3) is 6.20. The molecule has 0 saturated carbocycles. The Morgan fingerprint density at radius 1 is 0.757 bits per heavy atom. The van der Waals surface area contributed by atoms with Gasteiger partial charge >= 0.3 is 23.9 Å². The Bertz CT molecular complexity index is 1170. The lowest BCUT2D eigenvalue weighted by Gasteiger charge is -2.44. The van der Waals surface area contributed by atoms with Gasteiger partial charge in [0.1, 0.15) is 12.7 Å². The zero-order valence-corrected chi connectivity index (χ0v) is 20.8. The summed E-state index contributed by atoms with van der Waals surface area (Å²) in [6, 6.07) is 6.15. The van der Waals surface area contributed by atoms with Crippen LogP contribution in [0.25, 0.3) is 0 Å². The second kappa shape index (κ2) is 11.3. The molecule has 1 aliphatic carbocycles. The first-order chi connectivity index (χ1) is 17.4. The number of Topliss-reactive ketones (excluding diaryl/α,β-unsaturated/α-hetero) is 2. The number of carbonyl (C=O) groups is 6. The fourth-order valence-electron chi connectivity index (χ4n) is 4.02. The van der Waals surface area contributed by atoms with Crippen molar-refractivity contribution in [1.29, 1.82) is 0 Å². The molecule has 1 fully saturated rings. The van der Waals surface area contributed by atoms with Crippen LogP contribution in [-0.2, 0) is 47.6 Å². The van der Waals surface area contributed by atoms with Crippen molar-refractivity contribution in [2.75, 3.05) is 6.61 Å². The smallest absolute Gasteiger partial charge is 0.303 e. The van der Waals surface area contributed by atoms with Gasteiger partial charge in [-0.25, -0.2) is 0 Å². The molecule has 1 saturated heterocycles. The molecule has 5 atom stereocenters. The molecule has 0 N–H and O–H groups in total. The maximum atomic E-state index is 13.2. The minimum atomic E-state index is -1.63. The number of rotatable bonds is 7. The molecule has 12 heteroatoms. The zero-order valence-electron chi connectivity index (χ0n) is 20.8. The predicted octanol–water partition coefficient (Wildman–Crippen LogP) is 1.44. The lowest BCUT2D eigenvalue weighted by atomic mass is 9.89. The van der Waals surface area contributed by atoms with Gasteiger partial charge in [0.15, 0.2) is 23.8 Å². The molecule has 0 spiro atoms. The van der Waals surface area contributed by atoms with Gasteiger partial charge in [-0.2, -0.15) is 0 Å². The van der Waals surface area contributed by atoms with Crippen LogP contribution in [0, 0.1) is 0 Å². The quantitative estimate of drug-likeness (QED) is 0.378. The molecule has 1 aromatic carbocycles. The average Bonchev–Trinajstić information content (AvgIpc) is 2.81. The van der Waals surface area contributed by atoms with Crippen molar-refractivity contribution < 1.29 is 57.2 Å². The summed E-state index contributed by atoms with van der Waals surface area (Å²) in [4.78, 5) is 73.3. The highest BCUT2D eigenvalue weighted by atomic mass is 16.7. The molecule has 37 heavy (non-hydrogen) atoms. The maximum Gasteiger partial charge on any atom is 0.303 e. The first kappa shape index (κ1) is 27.5. The van der Waals surface area contributed by atoms with Crippen LogP contribution in [0.1, 0.15) is 55.3 Å². The van der Waals surface area contributed by atoms with Crippen molar-refractivity contribution in [1.82, 2.24) is 0 Å². The number of hydrogen-bond acceptors (Lipinski definition) is 12. The molecule has 3 rings (SSSR count). The van der Waals surface area contributed by atoms with Gasteiger partial charge in [0.2, 0.25) is 18.2 Å². The Morgan fingerprint density at radius 3 is 1.81 bits per heavy atom. The average molecular weight is 518 g/mol. The van der Waals surface area contributed by atoms with E-state index in [0.717, 1.165) is 27.7 Å². The van der Waals surface area contributed by atoms with Gasteiger partial charge in [0.05, 0.1) is 0 Å². The Morgan fingerprint density at radius 2 is 1.27 bits per heavy atom. The summed E-state index contributed by atoms with van der Waals surface area (Å²) < 4.78 is 32.7. The number of ketones is 2. The topological polar surface area (TPSA) is 158 Å². The molecule has 0 unspecified atom stereocenters. The van der Waals surface area contributed by atoms with Gasteiger partial charge in [-0.1, -0.05) is 24.3 Å². The molecule has 0 amide bonds. The summed E-state index contributed by atoms with van der Waals surface area (Å²) in [6.45, 7) is 5.30. The van der Waals surface area contributed by atoms with Crippen LogP contribution in [0.2, 0.25) is 0 Å². The fourth-order valence-corrected chi connectivity index (χ4v) is 4.02. The van der Waals surface area contributed by atoms with Gasteiger partial charge in [-0.15, -0.1) is 0 Å². The summed E-state index contributed by atoms with van der Waals surface area (Å²) in [7, 11) is 0. The van der Waals surface area contributed by atoms with E-state index in [1.54, 1.807) is 12.1 Å². The van der Waals surface area contributed by atoms with Crippen molar-refractivity contribution in [2.45, 2.75) is 65.3 Å². The van der Waals surface area contributed by atoms with E-state index in [-0.39, 0.29) is 22.5 Å². The van der Waals surface area contributed by atoms with Crippen molar-refractivity contribution in [3.63, 3.8) is 0 Å². The third-order valence-electron chi connectivity index (χ3n) is 5.49. The minimum Gasteiger partial charge on any atom is -0.463 e. The molecule has 1 heterocycles. The van der Waals surface area contributed by atoms with Crippen LogP contribution in [0.3, 0.4) is 0 Å². The Hall–Kier alpha value is -4.06. The molecule has 0 radical (unpaired) electrons. The van der Waals surface area contributed by atoms with E-state index in [4.69, 9.17) is 28.4 Å². The van der Waals surface area contributed by atoms with Crippen molar-refractivity contribution in [3.05, 3.63) is 46.7 Å². The highest BCUT2D eigenvalue weighted by Gasteiger charge is 2.54.